The van der Waals surface area contributed by atoms with Gasteiger partial charge in [-0.2, -0.15) is 0 Å². The SMILES string of the molecule is CC(C)NCC(C)(C)COc1ccc2c(c1)CCC2. The summed E-state index contributed by atoms with van der Waals surface area (Å²) in [4.78, 5) is 0. The van der Waals surface area contributed by atoms with Crippen LogP contribution in [0.1, 0.15) is 45.2 Å². The molecule has 2 rings (SSSR count). The average Bonchev–Trinajstić information content (AvgIpc) is 2.81. The minimum Gasteiger partial charge on any atom is -0.493 e. The molecule has 1 aromatic carbocycles. The summed E-state index contributed by atoms with van der Waals surface area (Å²) in [6, 6.07) is 7.11. The van der Waals surface area contributed by atoms with Crippen LogP contribution in [0.4, 0.5) is 0 Å². The zero-order valence-electron chi connectivity index (χ0n) is 12.8. The van der Waals surface area contributed by atoms with Crippen LogP contribution >= 0.6 is 0 Å². The van der Waals surface area contributed by atoms with E-state index < -0.39 is 0 Å². The van der Waals surface area contributed by atoms with Crippen LogP contribution in [0.3, 0.4) is 0 Å². The predicted molar refractivity (Wildman–Crippen MR) is 80.9 cm³/mol. The number of aryl methyl sites for hydroxylation is 2. The lowest BCUT2D eigenvalue weighted by Gasteiger charge is -2.26. The van der Waals surface area contributed by atoms with Crippen LogP contribution in [0.5, 0.6) is 5.75 Å². The zero-order valence-corrected chi connectivity index (χ0v) is 12.8. The molecule has 19 heavy (non-hydrogen) atoms. The molecule has 2 heteroatoms. The fraction of sp³-hybridized carbons (Fsp3) is 0.647. The van der Waals surface area contributed by atoms with Crippen molar-refractivity contribution in [3.63, 3.8) is 0 Å². The molecule has 0 atom stereocenters. The van der Waals surface area contributed by atoms with Crippen molar-refractivity contribution in [2.24, 2.45) is 5.41 Å². The molecule has 0 fully saturated rings. The van der Waals surface area contributed by atoms with Crippen LogP contribution in [-0.2, 0) is 12.8 Å². The van der Waals surface area contributed by atoms with Crippen molar-refractivity contribution in [1.82, 2.24) is 5.32 Å². The number of benzene rings is 1. The highest BCUT2D eigenvalue weighted by molar-refractivity contribution is 5.38. The fourth-order valence-electron chi connectivity index (χ4n) is 2.45. The maximum atomic E-state index is 5.99. The lowest BCUT2D eigenvalue weighted by molar-refractivity contribution is 0.173. The Kier molecular flexibility index (Phi) is 4.51. The Labute approximate surface area is 117 Å². The Morgan fingerprint density at radius 3 is 2.68 bits per heavy atom. The van der Waals surface area contributed by atoms with Crippen LogP contribution < -0.4 is 10.1 Å². The standard InChI is InChI=1S/C17H27NO/c1-13(2)18-11-17(3,4)12-19-16-9-8-14-6-5-7-15(14)10-16/h8-10,13,18H,5-7,11-12H2,1-4H3. The molecule has 2 nitrogen and oxygen atoms in total. The Morgan fingerprint density at radius 2 is 1.95 bits per heavy atom. The quantitative estimate of drug-likeness (QED) is 0.845. The van der Waals surface area contributed by atoms with Gasteiger partial charge in [0.05, 0.1) is 6.61 Å². The van der Waals surface area contributed by atoms with Gasteiger partial charge in [0, 0.05) is 18.0 Å². The summed E-state index contributed by atoms with van der Waals surface area (Å²) in [6.45, 7) is 10.6. The lowest BCUT2D eigenvalue weighted by Crippen LogP contribution is -2.37. The van der Waals surface area contributed by atoms with Crippen molar-refractivity contribution < 1.29 is 4.74 Å². The van der Waals surface area contributed by atoms with Gasteiger partial charge >= 0.3 is 0 Å². The Morgan fingerprint density at radius 1 is 1.21 bits per heavy atom. The molecular formula is C17H27NO. The molecule has 0 amide bonds. The highest BCUT2D eigenvalue weighted by Gasteiger charge is 2.19. The van der Waals surface area contributed by atoms with E-state index >= 15 is 0 Å². The molecule has 0 radical (unpaired) electrons. The highest BCUT2D eigenvalue weighted by Crippen LogP contribution is 2.27. The third-order valence-corrected chi connectivity index (χ3v) is 3.69. The maximum absolute atomic E-state index is 5.99. The predicted octanol–water partition coefficient (Wildman–Crippen LogP) is 3.58. The van der Waals surface area contributed by atoms with E-state index in [1.54, 1.807) is 0 Å². The molecular weight excluding hydrogens is 234 g/mol. The van der Waals surface area contributed by atoms with Crippen LogP contribution in [-0.4, -0.2) is 19.2 Å². The van der Waals surface area contributed by atoms with Crippen molar-refractivity contribution in [1.29, 1.82) is 0 Å². The van der Waals surface area contributed by atoms with Crippen molar-refractivity contribution in [2.45, 2.75) is 53.0 Å². The molecule has 0 aliphatic heterocycles. The number of ether oxygens (including phenoxy) is 1. The van der Waals surface area contributed by atoms with Gasteiger partial charge in [-0.15, -0.1) is 0 Å². The van der Waals surface area contributed by atoms with Gasteiger partial charge in [-0.1, -0.05) is 33.8 Å². The van der Waals surface area contributed by atoms with E-state index in [1.165, 1.54) is 30.4 Å². The summed E-state index contributed by atoms with van der Waals surface area (Å²) in [6.07, 6.45) is 3.74. The molecule has 0 unspecified atom stereocenters. The number of hydrogen-bond donors (Lipinski definition) is 1. The van der Waals surface area contributed by atoms with Crippen LogP contribution in [0, 0.1) is 5.41 Å². The van der Waals surface area contributed by atoms with Crippen molar-refractivity contribution >= 4 is 0 Å². The number of rotatable bonds is 6. The van der Waals surface area contributed by atoms with E-state index in [9.17, 15) is 0 Å². The topological polar surface area (TPSA) is 21.3 Å². The molecule has 0 saturated carbocycles. The molecule has 1 aromatic rings. The van der Waals surface area contributed by atoms with Gasteiger partial charge in [0.2, 0.25) is 0 Å². The average molecular weight is 261 g/mol. The van der Waals surface area contributed by atoms with Gasteiger partial charge in [0.1, 0.15) is 5.75 Å². The lowest BCUT2D eigenvalue weighted by atomic mass is 9.94. The molecule has 0 bridgehead atoms. The molecule has 0 saturated heterocycles. The minimum atomic E-state index is 0.156. The first kappa shape index (κ1) is 14.4. The normalized spacial score (nSPS) is 14.8. The number of hydrogen-bond acceptors (Lipinski definition) is 2. The number of nitrogens with one attached hydrogen (secondary N) is 1. The van der Waals surface area contributed by atoms with E-state index in [0.717, 1.165) is 18.9 Å². The molecule has 0 heterocycles. The molecule has 0 aromatic heterocycles. The van der Waals surface area contributed by atoms with E-state index in [-0.39, 0.29) is 5.41 Å². The number of fused-ring (bicyclic) bond motifs is 1. The van der Waals surface area contributed by atoms with Gasteiger partial charge in [-0.3, -0.25) is 0 Å². The first-order valence-corrected chi connectivity index (χ1v) is 7.44. The highest BCUT2D eigenvalue weighted by atomic mass is 16.5. The second-order valence-corrected chi connectivity index (χ2v) is 6.77. The third kappa shape index (κ3) is 4.24. The Bertz CT molecular complexity index is 423. The summed E-state index contributed by atoms with van der Waals surface area (Å²) < 4.78 is 5.99. The molecule has 1 aliphatic carbocycles. The third-order valence-electron chi connectivity index (χ3n) is 3.69. The Balaban J connectivity index is 1.87. The van der Waals surface area contributed by atoms with E-state index in [1.807, 2.05) is 0 Å². The van der Waals surface area contributed by atoms with E-state index in [2.05, 4.69) is 51.2 Å². The zero-order chi connectivity index (χ0) is 13.9. The summed E-state index contributed by atoms with van der Waals surface area (Å²) >= 11 is 0. The van der Waals surface area contributed by atoms with Crippen LogP contribution in [0.25, 0.3) is 0 Å². The summed E-state index contributed by atoms with van der Waals surface area (Å²) in [5.41, 5.74) is 3.15. The monoisotopic (exact) mass is 261 g/mol. The van der Waals surface area contributed by atoms with Crippen molar-refractivity contribution in [2.75, 3.05) is 13.2 Å². The van der Waals surface area contributed by atoms with Crippen molar-refractivity contribution in [3.05, 3.63) is 29.3 Å². The van der Waals surface area contributed by atoms with Gasteiger partial charge < -0.3 is 10.1 Å². The molecule has 1 aliphatic rings. The molecule has 1 N–H and O–H groups in total. The summed E-state index contributed by atoms with van der Waals surface area (Å²) in [5, 5.41) is 3.48. The van der Waals surface area contributed by atoms with Gasteiger partial charge in [-0.25, -0.2) is 0 Å². The van der Waals surface area contributed by atoms with Crippen LogP contribution in [0.15, 0.2) is 18.2 Å². The second-order valence-electron chi connectivity index (χ2n) is 6.77. The summed E-state index contributed by atoms with van der Waals surface area (Å²) in [5.74, 6) is 1.03. The smallest absolute Gasteiger partial charge is 0.119 e. The van der Waals surface area contributed by atoms with Crippen molar-refractivity contribution in [3.8, 4) is 5.75 Å². The fourth-order valence-corrected chi connectivity index (χ4v) is 2.45. The summed E-state index contributed by atoms with van der Waals surface area (Å²) in [7, 11) is 0. The maximum Gasteiger partial charge on any atom is 0.119 e. The second kappa shape index (κ2) is 5.96. The van der Waals surface area contributed by atoms with Gasteiger partial charge in [-0.05, 0) is 42.5 Å². The Hall–Kier alpha value is -1.02. The van der Waals surface area contributed by atoms with Gasteiger partial charge in [0.25, 0.3) is 0 Å². The molecule has 0 spiro atoms. The largest absolute Gasteiger partial charge is 0.493 e. The first-order chi connectivity index (χ1) is 8.96. The van der Waals surface area contributed by atoms with E-state index in [0.29, 0.717) is 6.04 Å². The van der Waals surface area contributed by atoms with Gasteiger partial charge in [0.15, 0.2) is 0 Å². The van der Waals surface area contributed by atoms with Crippen LogP contribution in [0.2, 0.25) is 0 Å². The molecule has 106 valence electrons. The minimum absolute atomic E-state index is 0.156. The van der Waals surface area contributed by atoms with E-state index in [4.69, 9.17) is 4.74 Å². The first-order valence-electron chi connectivity index (χ1n) is 7.44.